The second kappa shape index (κ2) is 16.1. The molecule has 13 heteroatoms. The van der Waals surface area contributed by atoms with E-state index in [1.807, 2.05) is 72.8 Å². The predicted octanol–water partition coefficient (Wildman–Crippen LogP) is 5.43. The molecular weight excluding hydrogens is 659 g/mol. The number of aliphatic hydroxyl groups excluding tert-OH is 1. The van der Waals surface area contributed by atoms with Gasteiger partial charge < -0.3 is 29.7 Å². The van der Waals surface area contributed by atoms with E-state index in [4.69, 9.17) is 14.2 Å². The highest BCUT2D eigenvalue weighted by molar-refractivity contribution is 7.99. The summed E-state index contributed by atoms with van der Waals surface area (Å²) < 4.78 is 19.6. The number of amides is 1. The number of thioether (sulfide) groups is 1. The highest BCUT2D eigenvalue weighted by atomic mass is 32.2. The van der Waals surface area contributed by atoms with E-state index in [-0.39, 0.29) is 30.5 Å². The molecule has 1 fully saturated rings. The molecule has 1 aliphatic heterocycles. The van der Waals surface area contributed by atoms with Crippen molar-refractivity contribution in [3.8, 4) is 22.6 Å². The van der Waals surface area contributed by atoms with Crippen molar-refractivity contribution < 1.29 is 34.0 Å². The fraction of sp³-hybridized carbons (Fsp3) is 0.270. The van der Waals surface area contributed by atoms with Gasteiger partial charge >= 0.3 is 5.97 Å². The van der Waals surface area contributed by atoms with Crippen LogP contribution in [0.25, 0.3) is 16.8 Å². The van der Waals surface area contributed by atoms with Gasteiger partial charge in [-0.2, -0.15) is 4.68 Å². The lowest BCUT2D eigenvalue weighted by atomic mass is 9.99. The number of hydrogen-bond acceptors (Lipinski definition) is 11. The highest BCUT2D eigenvalue weighted by Crippen LogP contribution is 2.40. The Morgan fingerprint density at radius 3 is 2.42 bits per heavy atom. The van der Waals surface area contributed by atoms with E-state index in [2.05, 4.69) is 20.8 Å². The summed E-state index contributed by atoms with van der Waals surface area (Å²) in [7, 11) is 0. The lowest BCUT2D eigenvalue weighted by Gasteiger charge is -2.36. The first-order valence-electron chi connectivity index (χ1n) is 16.1. The Labute approximate surface area is 293 Å². The van der Waals surface area contributed by atoms with Gasteiger partial charge in [0.05, 0.1) is 24.5 Å². The van der Waals surface area contributed by atoms with Crippen molar-refractivity contribution in [1.29, 1.82) is 0 Å². The van der Waals surface area contributed by atoms with Crippen LogP contribution < -0.4 is 5.32 Å². The van der Waals surface area contributed by atoms with E-state index in [0.29, 0.717) is 23.9 Å². The van der Waals surface area contributed by atoms with Crippen molar-refractivity contribution >= 4 is 23.6 Å². The lowest BCUT2D eigenvalue weighted by molar-refractivity contribution is -0.245. The summed E-state index contributed by atoms with van der Waals surface area (Å²) in [5, 5.41) is 34.8. The van der Waals surface area contributed by atoms with Crippen molar-refractivity contribution in [2.75, 3.05) is 5.75 Å². The molecule has 5 aromatic rings. The highest BCUT2D eigenvalue weighted by Gasteiger charge is 2.33. The summed E-state index contributed by atoms with van der Waals surface area (Å²) in [4.78, 5) is 23.5. The number of hydrogen-bond donors (Lipinski definition) is 3. The quantitative estimate of drug-likeness (QED) is 0.113. The van der Waals surface area contributed by atoms with Gasteiger partial charge in [0, 0.05) is 31.2 Å². The summed E-state index contributed by atoms with van der Waals surface area (Å²) in [5.74, 6) is -0.150. The molecule has 4 atom stereocenters. The number of carbonyl (C=O) groups is 2. The minimum absolute atomic E-state index is 0.0360. The minimum atomic E-state index is -0.868. The molecule has 1 aromatic heterocycles. The van der Waals surface area contributed by atoms with Gasteiger partial charge in [-0.1, -0.05) is 78.5 Å². The minimum Gasteiger partial charge on any atom is -0.508 e. The van der Waals surface area contributed by atoms with E-state index < -0.39 is 18.4 Å². The average Bonchev–Trinajstić information content (AvgIpc) is 3.62. The van der Waals surface area contributed by atoms with Gasteiger partial charge in [0.2, 0.25) is 5.16 Å². The molecule has 4 aromatic carbocycles. The van der Waals surface area contributed by atoms with Gasteiger partial charge in [0.25, 0.3) is 5.91 Å². The first kappa shape index (κ1) is 34.8. The molecule has 1 aliphatic rings. The maximum Gasteiger partial charge on any atom is 0.303 e. The largest absolute Gasteiger partial charge is 0.508 e. The monoisotopic (exact) mass is 695 g/mol. The van der Waals surface area contributed by atoms with Gasteiger partial charge in [0.1, 0.15) is 5.75 Å². The number of rotatable bonds is 12. The predicted molar refractivity (Wildman–Crippen MR) is 185 cm³/mol. The number of tetrazole rings is 1. The molecule has 2 heterocycles. The van der Waals surface area contributed by atoms with Gasteiger partial charge in [-0.3, -0.25) is 9.59 Å². The number of ether oxygens (including phenoxy) is 3. The van der Waals surface area contributed by atoms with Crippen LogP contribution in [0.4, 0.5) is 0 Å². The number of benzene rings is 4. The van der Waals surface area contributed by atoms with Crippen molar-refractivity contribution in [2.45, 2.75) is 63.2 Å². The topological polar surface area (TPSA) is 158 Å². The third-order valence-electron chi connectivity index (χ3n) is 8.17. The number of nitrogens with one attached hydrogen (secondary N) is 1. The molecule has 1 amide bonds. The molecule has 0 spiro atoms. The zero-order valence-corrected chi connectivity index (χ0v) is 28.3. The summed E-state index contributed by atoms with van der Waals surface area (Å²) in [6.45, 7) is 3.06. The summed E-state index contributed by atoms with van der Waals surface area (Å²) in [5.41, 5.74) is 6.26. The smallest absolute Gasteiger partial charge is 0.303 e. The van der Waals surface area contributed by atoms with Crippen LogP contribution in [-0.4, -0.2) is 60.3 Å². The van der Waals surface area contributed by atoms with Crippen LogP contribution in [0.2, 0.25) is 0 Å². The maximum absolute atomic E-state index is 12.3. The average molecular weight is 696 g/mol. The first-order chi connectivity index (χ1) is 24.2. The second-order valence-corrected chi connectivity index (χ2v) is 12.8. The van der Waals surface area contributed by atoms with E-state index in [9.17, 15) is 19.8 Å². The standard InChI is InChI=1S/C37H37N5O7S/c1-23(47-24(2)44)35(46)38-20-26-4-3-5-30(18-26)27-10-12-29(13-11-27)36-48-33(19-34(49-36)28-8-6-25(21-43)7-9-28)22-50-37-39-40-41-42(37)31-14-16-32(45)17-15-31/h3-18,23,33-34,36,43,45H,19-22H2,1-2H3,(H,38,46)/t23-,33-,34+,36+/m0/s1. The fourth-order valence-corrected chi connectivity index (χ4v) is 6.45. The third-order valence-corrected chi connectivity index (χ3v) is 9.22. The van der Waals surface area contributed by atoms with Crippen molar-refractivity contribution in [2.24, 2.45) is 0 Å². The number of phenols is 1. The summed E-state index contributed by atoms with van der Waals surface area (Å²) in [6, 6.07) is 30.3. The van der Waals surface area contributed by atoms with Gasteiger partial charge in [-0.05, 0) is 75.5 Å². The number of aromatic hydroxyl groups is 1. The van der Waals surface area contributed by atoms with Gasteiger partial charge in [-0.15, -0.1) is 5.10 Å². The van der Waals surface area contributed by atoms with Crippen LogP contribution >= 0.6 is 11.8 Å². The molecule has 0 radical (unpaired) electrons. The Hall–Kier alpha value is -5.08. The number of aromatic nitrogens is 4. The molecule has 6 rings (SSSR count). The van der Waals surface area contributed by atoms with Crippen molar-refractivity contribution in [3.05, 3.63) is 119 Å². The van der Waals surface area contributed by atoms with Gasteiger partial charge in [-0.25, -0.2) is 0 Å². The maximum atomic E-state index is 12.3. The lowest BCUT2D eigenvalue weighted by Crippen LogP contribution is -2.35. The molecule has 1 saturated heterocycles. The zero-order valence-electron chi connectivity index (χ0n) is 27.5. The molecular formula is C37H37N5O7S. The van der Waals surface area contributed by atoms with E-state index in [1.54, 1.807) is 28.9 Å². The Morgan fingerprint density at radius 2 is 1.70 bits per heavy atom. The number of esters is 1. The second-order valence-electron chi connectivity index (χ2n) is 11.8. The SMILES string of the molecule is CC(=O)O[C@@H](C)C(=O)NCc1cccc(-c2ccc([C@@H]3O[C@H](CSc4nnnn4-c4ccc(O)cc4)C[C@H](c4ccc(CO)cc4)O3)cc2)c1. The van der Waals surface area contributed by atoms with Crippen LogP contribution in [0.1, 0.15) is 54.9 Å². The molecule has 0 bridgehead atoms. The van der Waals surface area contributed by atoms with Gasteiger partial charge in [0.15, 0.2) is 12.4 Å². The third kappa shape index (κ3) is 8.74. The van der Waals surface area contributed by atoms with Crippen LogP contribution in [-0.2, 0) is 37.0 Å². The summed E-state index contributed by atoms with van der Waals surface area (Å²) >= 11 is 1.47. The molecule has 0 unspecified atom stereocenters. The van der Waals surface area contributed by atoms with Crippen molar-refractivity contribution in [3.63, 3.8) is 0 Å². The molecule has 3 N–H and O–H groups in total. The Bertz CT molecular complexity index is 1900. The Kier molecular flexibility index (Phi) is 11.2. The molecule has 0 aliphatic carbocycles. The van der Waals surface area contributed by atoms with Crippen LogP contribution in [0.15, 0.2) is 102 Å². The Morgan fingerprint density at radius 1 is 0.960 bits per heavy atom. The first-order valence-corrected chi connectivity index (χ1v) is 17.1. The number of carbonyl (C=O) groups excluding carboxylic acids is 2. The number of nitrogens with zero attached hydrogens (tertiary/aromatic N) is 4. The normalized spacial score (nSPS) is 17.9. The molecule has 258 valence electrons. The molecule has 50 heavy (non-hydrogen) atoms. The summed E-state index contributed by atoms with van der Waals surface area (Å²) in [6.07, 6.45) is -1.37. The van der Waals surface area contributed by atoms with Crippen molar-refractivity contribution in [1.82, 2.24) is 25.5 Å². The van der Waals surface area contributed by atoms with Crippen LogP contribution in [0.3, 0.4) is 0 Å². The number of phenolic OH excluding ortho intramolecular Hbond substituents is 1. The number of aliphatic hydroxyl groups is 1. The van der Waals surface area contributed by atoms with Crippen LogP contribution in [0, 0.1) is 0 Å². The molecule has 12 nitrogen and oxygen atoms in total. The fourth-order valence-electron chi connectivity index (χ4n) is 5.54. The molecule has 0 saturated carbocycles. The Balaban J connectivity index is 1.16. The van der Waals surface area contributed by atoms with E-state index >= 15 is 0 Å². The van der Waals surface area contributed by atoms with Crippen LogP contribution in [0.5, 0.6) is 5.75 Å². The van der Waals surface area contributed by atoms with E-state index in [1.165, 1.54) is 25.6 Å². The zero-order chi connectivity index (χ0) is 35.0. The van der Waals surface area contributed by atoms with E-state index in [0.717, 1.165) is 39.1 Å².